The molecule has 0 heterocycles. The molecule has 0 fully saturated rings. The van der Waals surface area contributed by atoms with Gasteiger partial charge >= 0.3 is 0 Å². The number of hydrogen-bond acceptors (Lipinski definition) is 1. The van der Waals surface area contributed by atoms with Crippen LogP contribution in [0.2, 0.25) is 0 Å². The minimum Gasteiger partial charge on any atom is -0.320 e. The summed E-state index contributed by atoms with van der Waals surface area (Å²) in [5.74, 6) is 0. The third-order valence-electron chi connectivity index (χ3n) is 1.06. The summed E-state index contributed by atoms with van der Waals surface area (Å²) >= 11 is 0. The number of hydrogen-bond donors (Lipinski definition) is 1. The van der Waals surface area contributed by atoms with Gasteiger partial charge in [0, 0.05) is 0 Å². The van der Waals surface area contributed by atoms with Crippen LogP contribution in [0.3, 0.4) is 0 Å². The number of rotatable bonds is 3. The van der Waals surface area contributed by atoms with E-state index >= 15 is 0 Å². The van der Waals surface area contributed by atoms with Crippen LogP contribution in [0.5, 0.6) is 0 Å². The van der Waals surface area contributed by atoms with Gasteiger partial charge in [-0.1, -0.05) is 40.0 Å². The molecule has 0 saturated heterocycles. The molecule has 0 aliphatic rings. The Morgan fingerprint density at radius 2 is 1.33 bits per heavy atom. The molecule has 9 heavy (non-hydrogen) atoms. The Morgan fingerprint density at radius 3 is 1.33 bits per heavy atom. The molecular formula is C8H21N. The van der Waals surface area contributed by atoms with Crippen molar-refractivity contribution in [2.45, 2.75) is 40.0 Å². The summed E-state index contributed by atoms with van der Waals surface area (Å²) in [6.45, 7) is 7.56. The van der Waals surface area contributed by atoms with E-state index in [1.165, 1.54) is 19.3 Å². The molecule has 0 aromatic carbocycles. The lowest BCUT2D eigenvalue weighted by molar-refractivity contribution is 0.772. The summed E-state index contributed by atoms with van der Waals surface area (Å²) in [4.78, 5) is 0. The molecule has 0 unspecified atom stereocenters. The van der Waals surface area contributed by atoms with Gasteiger partial charge in [0.2, 0.25) is 0 Å². The van der Waals surface area contributed by atoms with Crippen molar-refractivity contribution in [1.29, 1.82) is 0 Å². The van der Waals surface area contributed by atoms with Crippen LogP contribution in [-0.4, -0.2) is 13.6 Å². The molecular weight excluding hydrogens is 110 g/mol. The predicted molar refractivity (Wildman–Crippen MR) is 44.8 cm³/mol. The van der Waals surface area contributed by atoms with Crippen LogP contribution in [0.4, 0.5) is 0 Å². The molecule has 58 valence electrons. The van der Waals surface area contributed by atoms with Crippen molar-refractivity contribution in [3.63, 3.8) is 0 Å². The maximum atomic E-state index is 2.93. The second-order valence-corrected chi connectivity index (χ2v) is 2.06. The molecule has 0 saturated carbocycles. The minimum atomic E-state index is 1.07. The minimum absolute atomic E-state index is 1.07. The van der Waals surface area contributed by atoms with Gasteiger partial charge in [-0.05, 0) is 13.6 Å². The molecule has 0 bridgehead atoms. The van der Waals surface area contributed by atoms with Gasteiger partial charge in [0.05, 0.1) is 0 Å². The van der Waals surface area contributed by atoms with Crippen molar-refractivity contribution in [1.82, 2.24) is 5.32 Å². The fourth-order valence-electron chi connectivity index (χ4n) is 0.354. The van der Waals surface area contributed by atoms with Gasteiger partial charge in [-0.25, -0.2) is 0 Å². The maximum absolute atomic E-state index is 2.93. The lowest BCUT2D eigenvalue weighted by Gasteiger charge is -1.79. The third kappa shape index (κ3) is 32.3. The molecule has 0 aromatic heterocycles. The van der Waals surface area contributed by atoms with Gasteiger partial charge in [-0.15, -0.1) is 0 Å². The van der Waals surface area contributed by atoms with Crippen LogP contribution in [0.25, 0.3) is 0 Å². The van der Waals surface area contributed by atoms with Gasteiger partial charge in [-0.3, -0.25) is 0 Å². The highest BCUT2D eigenvalue weighted by Gasteiger charge is 1.68. The van der Waals surface area contributed by atoms with E-state index in [4.69, 9.17) is 0 Å². The SMILES string of the molecule is CCCCC.CCNC. The molecule has 0 aliphatic carbocycles. The van der Waals surface area contributed by atoms with Gasteiger partial charge < -0.3 is 5.32 Å². The van der Waals surface area contributed by atoms with Crippen LogP contribution < -0.4 is 5.32 Å². The van der Waals surface area contributed by atoms with Crippen LogP contribution in [-0.2, 0) is 0 Å². The maximum Gasteiger partial charge on any atom is -0.00804 e. The molecule has 1 heteroatoms. The normalized spacial score (nSPS) is 8.00. The van der Waals surface area contributed by atoms with Crippen LogP contribution in [0.15, 0.2) is 0 Å². The van der Waals surface area contributed by atoms with Gasteiger partial charge in [-0.2, -0.15) is 0 Å². The Morgan fingerprint density at radius 1 is 1.00 bits per heavy atom. The van der Waals surface area contributed by atoms with E-state index in [0.717, 1.165) is 6.54 Å². The third-order valence-corrected chi connectivity index (χ3v) is 1.06. The van der Waals surface area contributed by atoms with Crippen molar-refractivity contribution in [3.05, 3.63) is 0 Å². The summed E-state index contributed by atoms with van der Waals surface area (Å²) in [7, 11) is 1.93. The zero-order valence-electron chi connectivity index (χ0n) is 7.33. The van der Waals surface area contributed by atoms with Crippen molar-refractivity contribution >= 4 is 0 Å². The van der Waals surface area contributed by atoms with Crippen LogP contribution >= 0.6 is 0 Å². The van der Waals surface area contributed by atoms with Crippen molar-refractivity contribution in [2.75, 3.05) is 13.6 Å². The van der Waals surface area contributed by atoms with E-state index in [2.05, 4.69) is 26.1 Å². The smallest absolute Gasteiger partial charge is 0.00804 e. The molecule has 1 N–H and O–H groups in total. The highest BCUT2D eigenvalue weighted by molar-refractivity contribution is 4.24. The summed E-state index contributed by atoms with van der Waals surface area (Å²) in [5.41, 5.74) is 0. The predicted octanol–water partition coefficient (Wildman–Crippen LogP) is 2.42. The monoisotopic (exact) mass is 131 g/mol. The Hall–Kier alpha value is -0.0400. The molecule has 0 radical (unpaired) electrons. The first-order chi connectivity index (χ1) is 4.33. The Bertz CT molecular complexity index is 23.7. The highest BCUT2D eigenvalue weighted by Crippen LogP contribution is 1.88. The van der Waals surface area contributed by atoms with Gasteiger partial charge in [0.25, 0.3) is 0 Å². The zero-order chi connectivity index (χ0) is 7.54. The summed E-state index contributed by atoms with van der Waals surface area (Å²) in [6.07, 6.45) is 4.08. The summed E-state index contributed by atoms with van der Waals surface area (Å²) < 4.78 is 0. The first-order valence-electron chi connectivity index (χ1n) is 3.97. The molecule has 0 rings (SSSR count). The Balaban J connectivity index is 0. The van der Waals surface area contributed by atoms with Crippen molar-refractivity contribution in [2.24, 2.45) is 0 Å². The Labute approximate surface area is 59.8 Å². The molecule has 0 spiro atoms. The van der Waals surface area contributed by atoms with E-state index in [0.29, 0.717) is 0 Å². The second-order valence-electron chi connectivity index (χ2n) is 2.06. The van der Waals surface area contributed by atoms with Gasteiger partial charge in [0.1, 0.15) is 0 Å². The average molecular weight is 131 g/mol. The van der Waals surface area contributed by atoms with Crippen LogP contribution in [0.1, 0.15) is 40.0 Å². The standard InChI is InChI=1S/C5H12.C3H9N/c1-3-5-4-2;1-3-4-2/h3-5H2,1-2H3;4H,3H2,1-2H3. The zero-order valence-corrected chi connectivity index (χ0v) is 7.33. The highest BCUT2D eigenvalue weighted by atomic mass is 14.8. The first-order valence-corrected chi connectivity index (χ1v) is 3.97. The van der Waals surface area contributed by atoms with E-state index in [9.17, 15) is 0 Å². The molecule has 0 amide bonds. The van der Waals surface area contributed by atoms with Gasteiger partial charge in [0.15, 0.2) is 0 Å². The van der Waals surface area contributed by atoms with Crippen molar-refractivity contribution < 1.29 is 0 Å². The molecule has 0 aromatic rings. The lowest BCUT2D eigenvalue weighted by atomic mass is 10.3. The van der Waals surface area contributed by atoms with Crippen molar-refractivity contribution in [3.8, 4) is 0 Å². The fourth-order valence-corrected chi connectivity index (χ4v) is 0.354. The second kappa shape index (κ2) is 15.7. The fraction of sp³-hybridized carbons (Fsp3) is 1.00. The average Bonchev–Trinajstić information content (AvgIpc) is 1.91. The van der Waals surface area contributed by atoms with E-state index in [1.54, 1.807) is 0 Å². The number of nitrogens with one attached hydrogen (secondary N) is 1. The largest absolute Gasteiger partial charge is 0.320 e. The topological polar surface area (TPSA) is 12.0 Å². The molecule has 1 nitrogen and oxygen atoms in total. The quantitative estimate of drug-likeness (QED) is 0.620. The molecule has 0 atom stereocenters. The number of unbranched alkanes of at least 4 members (excludes halogenated alkanes) is 2. The lowest BCUT2D eigenvalue weighted by Crippen LogP contribution is -2.01. The van der Waals surface area contributed by atoms with Crippen LogP contribution in [0, 0.1) is 0 Å². The first kappa shape index (κ1) is 11.7. The Kier molecular flexibility index (Phi) is 20.4. The summed E-state index contributed by atoms with van der Waals surface area (Å²) in [5, 5.41) is 2.93. The van der Waals surface area contributed by atoms with E-state index in [-0.39, 0.29) is 0 Å². The molecule has 0 aliphatic heterocycles. The summed E-state index contributed by atoms with van der Waals surface area (Å²) in [6, 6.07) is 0. The van der Waals surface area contributed by atoms with E-state index < -0.39 is 0 Å². The van der Waals surface area contributed by atoms with E-state index in [1.807, 2.05) is 7.05 Å².